The van der Waals surface area contributed by atoms with Gasteiger partial charge in [-0.25, -0.2) is 0 Å². The van der Waals surface area contributed by atoms with Gasteiger partial charge in [-0.15, -0.1) is 0 Å². The lowest BCUT2D eigenvalue weighted by Gasteiger charge is -2.04. The van der Waals surface area contributed by atoms with Gasteiger partial charge < -0.3 is 0 Å². The fourth-order valence-electron chi connectivity index (χ4n) is 1.14. The van der Waals surface area contributed by atoms with Gasteiger partial charge in [0, 0.05) is 9.65 Å². The van der Waals surface area contributed by atoms with E-state index >= 15 is 0 Å². The third-order valence-corrected chi connectivity index (χ3v) is 2.99. The molecule has 0 saturated heterocycles. The number of alkyl halides is 2. The Labute approximate surface area is 99.4 Å². The molecular formula is C11H20Br2. The summed E-state index contributed by atoms with van der Waals surface area (Å²) in [5, 5.41) is 0. The molecule has 0 aromatic carbocycles. The zero-order valence-corrected chi connectivity index (χ0v) is 11.8. The van der Waals surface area contributed by atoms with Crippen molar-refractivity contribution < 1.29 is 0 Å². The highest BCUT2D eigenvalue weighted by atomic mass is 79.9. The minimum absolute atomic E-state index is 0.489. The Morgan fingerprint density at radius 3 is 2.31 bits per heavy atom. The molecule has 0 saturated carbocycles. The molecule has 0 N–H and O–H groups in total. The molecule has 2 atom stereocenters. The van der Waals surface area contributed by atoms with Gasteiger partial charge in [0.25, 0.3) is 0 Å². The molecule has 0 nitrogen and oxygen atoms in total. The maximum atomic E-state index is 3.65. The first-order chi connectivity index (χ1) is 6.16. The van der Waals surface area contributed by atoms with Gasteiger partial charge in [0.15, 0.2) is 0 Å². The van der Waals surface area contributed by atoms with E-state index in [1.807, 2.05) is 0 Å². The van der Waals surface area contributed by atoms with Crippen molar-refractivity contribution >= 4 is 31.9 Å². The molecule has 2 unspecified atom stereocenters. The van der Waals surface area contributed by atoms with Crippen molar-refractivity contribution in [3.63, 3.8) is 0 Å². The zero-order valence-electron chi connectivity index (χ0n) is 8.60. The van der Waals surface area contributed by atoms with Crippen LogP contribution in [0.25, 0.3) is 0 Å². The van der Waals surface area contributed by atoms with E-state index in [4.69, 9.17) is 0 Å². The van der Waals surface area contributed by atoms with E-state index < -0.39 is 0 Å². The summed E-state index contributed by atoms with van der Waals surface area (Å²) in [4.78, 5) is 1.05. The van der Waals surface area contributed by atoms with Crippen LogP contribution in [0.4, 0.5) is 0 Å². The molecular weight excluding hydrogens is 292 g/mol. The van der Waals surface area contributed by atoms with Crippen molar-refractivity contribution in [2.45, 2.75) is 55.6 Å². The van der Waals surface area contributed by atoms with Crippen molar-refractivity contribution in [3.05, 3.63) is 12.2 Å². The Hall–Kier alpha value is 0.700. The van der Waals surface area contributed by atoms with Gasteiger partial charge in [0.1, 0.15) is 0 Å². The van der Waals surface area contributed by atoms with Crippen LogP contribution < -0.4 is 0 Å². The van der Waals surface area contributed by atoms with E-state index in [1.165, 1.54) is 32.1 Å². The maximum Gasteiger partial charge on any atom is 0.0325 e. The number of allylic oxidation sites excluding steroid dienone is 2. The Balaban J connectivity index is 3.34. The molecule has 0 rings (SSSR count). The molecule has 0 spiro atoms. The standard InChI is InChI=1S/C11H20Br2/c1-3-4-5-6-7-11(13)9-8-10(2)12/h8-11H,3-7H2,1-2H3/b9-8+. The molecule has 0 amide bonds. The number of rotatable bonds is 7. The molecule has 2 heteroatoms. The highest BCUT2D eigenvalue weighted by molar-refractivity contribution is 9.10. The fourth-order valence-corrected chi connectivity index (χ4v) is 1.81. The molecule has 0 bridgehead atoms. The monoisotopic (exact) mass is 310 g/mol. The minimum atomic E-state index is 0.489. The van der Waals surface area contributed by atoms with E-state index in [0.717, 1.165) is 0 Å². The Morgan fingerprint density at radius 1 is 1.08 bits per heavy atom. The molecule has 0 radical (unpaired) electrons. The van der Waals surface area contributed by atoms with Crippen LogP contribution in [-0.4, -0.2) is 9.65 Å². The molecule has 0 aliphatic heterocycles. The van der Waals surface area contributed by atoms with E-state index in [0.29, 0.717) is 9.65 Å². The molecule has 0 aliphatic rings. The molecule has 78 valence electrons. The number of hydrogen-bond donors (Lipinski definition) is 0. The first-order valence-electron chi connectivity index (χ1n) is 5.13. The van der Waals surface area contributed by atoms with E-state index in [1.54, 1.807) is 0 Å². The molecule has 0 aromatic heterocycles. The third kappa shape index (κ3) is 10.6. The van der Waals surface area contributed by atoms with Gasteiger partial charge in [-0.2, -0.15) is 0 Å². The molecule has 0 heterocycles. The lowest BCUT2D eigenvalue weighted by atomic mass is 10.1. The summed E-state index contributed by atoms with van der Waals surface area (Å²) in [6, 6.07) is 0. The number of halogens is 2. The van der Waals surface area contributed by atoms with E-state index in [-0.39, 0.29) is 0 Å². The summed E-state index contributed by atoms with van der Waals surface area (Å²) in [6.45, 7) is 4.38. The van der Waals surface area contributed by atoms with Crippen LogP contribution in [-0.2, 0) is 0 Å². The fraction of sp³-hybridized carbons (Fsp3) is 0.818. The van der Waals surface area contributed by atoms with Crippen LogP contribution in [0.5, 0.6) is 0 Å². The second-order valence-corrected chi connectivity index (χ2v) is 6.05. The molecule has 0 aromatic rings. The first-order valence-corrected chi connectivity index (χ1v) is 6.96. The number of unbranched alkanes of at least 4 members (excludes halogenated alkanes) is 3. The van der Waals surface area contributed by atoms with Crippen molar-refractivity contribution in [2.24, 2.45) is 0 Å². The van der Waals surface area contributed by atoms with Crippen molar-refractivity contribution in [3.8, 4) is 0 Å². The SMILES string of the molecule is CCCCCCC(Br)/C=C/C(C)Br. The van der Waals surface area contributed by atoms with Crippen LogP contribution in [0.1, 0.15) is 46.0 Å². The van der Waals surface area contributed by atoms with Gasteiger partial charge in [-0.1, -0.05) is 76.6 Å². The van der Waals surface area contributed by atoms with E-state index in [9.17, 15) is 0 Å². The average molecular weight is 312 g/mol. The van der Waals surface area contributed by atoms with Gasteiger partial charge in [-0.05, 0) is 13.3 Å². The maximum absolute atomic E-state index is 3.65. The average Bonchev–Trinajstić information content (AvgIpc) is 2.09. The van der Waals surface area contributed by atoms with Crippen molar-refractivity contribution in [2.75, 3.05) is 0 Å². The van der Waals surface area contributed by atoms with Crippen LogP contribution >= 0.6 is 31.9 Å². The second-order valence-electron chi connectivity index (χ2n) is 3.43. The molecule has 13 heavy (non-hydrogen) atoms. The smallest absolute Gasteiger partial charge is 0.0325 e. The largest absolute Gasteiger partial charge is 0.0848 e. The zero-order chi connectivity index (χ0) is 10.1. The summed E-state index contributed by atoms with van der Waals surface area (Å²) in [6.07, 6.45) is 11.1. The number of hydrogen-bond acceptors (Lipinski definition) is 0. The van der Waals surface area contributed by atoms with Crippen molar-refractivity contribution in [1.29, 1.82) is 0 Å². The van der Waals surface area contributed by atoms with Gasteiger partial charge in [0.05, 0.1) is 0 Å². The summed E-state index contributed by atoms with van der Waals surface area (Å²) in [5.41, 5.74) is 0. The van der Waals surface area contributed by atoms with Crippen LogP contribution in [0.3, 0.4) is 0 Å². The molecule has 0 fully saturated rings. The lowest BCUT2D eigenvalue weighted by Crippen LogP contribution is -1.94. The Bertz CT molecular complexity index is 130. The predicted molar refractivity (Wildman–Crippen MR) is 69.0 cm³/mol. The molecule has 0 aliphatic carbocycles. The van der Waals surface area contributed by atoms with E-state index in [2.05, 4.69) is 57.9 Å². The highest BCUT2D eigenvalue weighted by Crippen LogP contribution is 2.14. The third-order valence-electron chi connectivity index (χ3n) is 1.92. The lowest BCUT2D eigenvalue weighted by molar-refractivity contribution is 0.644. The van der Waals surface area contributed by atoms with Crippen LogP contribution in [0, 0.1) is 0 Å². The normalized spacial score (nSPS) is 16.3. The quantitative estimate of drug-likeness (QED) is 0.350. The predicted octanol–water partition coefficient (Wildman–Crippen LogP) is 5.06. The Morgan fingerprint density at radius 2 is 1.77 bits per heavy atom. The van der Waals surface area contributed by atoms with Gasteiger partial charge in [-0.3, -0.25) is 0 Å². The summed E-state index contributed by atoms with van der Waals surface area (Å²) in [5.74, 6) is 0. The van der Waals surface area contributed by atoms with Gasteiger partial charge in [0.2, 0.25) is 0 Å². The van der Waals surface area contributed by atoms with Gasteiger partial charge >= 0.3 is 0 Å². The summed E-state index contributed by atoms with van der Waals surface area (Å²) in [7, 11) is 0. The van der Waals surface area contributed by atoms with Crippen LogP contribution in [0.15, 0.2) is 12.2 Å². The summed E-state index contributed by atoms with van der Waals surface area (Å²) >= 11 is 7.14. The summed E-state index contributed by atoms with van der Waals surface area (Å²) < 4.78 is 0. The highest BCUT2D eigenvalue weighted by Gasteiger charge is 1.98. The Kier molecular flexibility index (Phi) is 9.76. The second kappa shape index (κ2) is 9.26. The first kappa shape index (κ1) is 13.7. The minimum Gasteiger partial charge on any atom is -0.0848 e. The van der Waals surface area contributed by atoms with Crippen LogP contribution in [0.2, 0.25) is 0 Å². The topological polar surface area (TPSA) is 0 Å². The van der Waals surface area contributed by atoms with Crippen molar-refractivity contribution in [1.82, 2.24) is 0 Å².